The number of carbonyl (C=O) groups is 1. The average Bonchev–Trinajstić information content (AvgIpc) is 2.80. The van der Waals surface area contributed by atoms with Gasteiger partial charge in [-0.3, -0.25) is 10.2 Å². The monoisotopic (exact) mass is 294 g/mol. The van der Waals surface area contributed by atoms with Gasteiger partial charge in [-0.05, 0) is 31.0 Å². The van der Waals surface area contributed by atoms with Gasteiger partial charge in [-0.1, -0.05) is 23.7 Å². The second kappa shape index (κ2) is 5.94. The summed E-state index contributed by atoms with van der Waals surface area (Å²) in [5, 5.41) is 4.24. The number of nitrogens with two attached hydrogens (primary N) is 1. The Hall–Kier alpha value is -2.05. The van der Waals surface area contributed by atoms with Gasteiger partial charge in [-0.25, -0.2) is 10.5 Å². The largest absolute Gasteiger partial charge is 0.471 e. The summed E-state index contributed by atoms with van der Waals surface area (Å²) >= 11 is 5.90. The number of hydrogen-bond acceptors (Lipinski definition) is 4. The number of hydrogen-bond donors (Lipinski definition) is 2. The van der Waals surface area contributed by atoms with Gasteiger partial charge in [0, 0.05) is 6.20 Å². The minimum Gasteiger partial charge on any atom is -0.471 e. The summed E-state index contributed by atoms with van der Waals surface area (Å²) in [6.45, 7) is 4.10. The van der Waals surface area contributed by atoms with Crippen LogP contribution in [0.25, 0.3) is 0 Å². The molecule has 0 saturated heterocycles. The first kappa shape index (κ1) is 14.4. The Bertz CT molecular complexity index is 639. The molecule has 0 radical (unpaired) electrons. The van der Waals surface area contributed by atoms with E-state index in [-0.39, 0.29) is 17.4 Å². The Morgan fingerprint density at radius 3 is 2.95 bits per heavy atom. The fourth-order valence-electron chi connectivity index (χ4n) is 1.68. The zero-order chi connectivity index (χ0) is 14.7. The first-order chi connectivity index (χ1) is 9.51. The smallest absolute Gasteiger partial charge is 0.287 e. The summed E-state index contributed by atoms with van der Waals surface area (Å²) in [5.41, 5.74) is 4.18. The van der Waals surface area contributed by atoms with E-state index in [9.17, 15) is 4.79 Å². The molecule has 20 heavy (non-hydrogen) atoms. The van der Waals surface area contributed by atoms with E-state index >= 15 is 0 Å². The Labute approximate surface area is 121 Å². The van der Waals surface area contributed by atoms with Gasteiger partial charge >= 0.3 is 0 Å². The van der Waals surface area contributed by atoms with Crippen LogP contribution in [-0.2, 0) is 6.73 Å². The molecule has 0 aliphatic carbocycles. The predicted molar refractivity (Wildman–Crippen MR) is 75.4 cm³/mol. The minimum absolute atomic E-state index is 0.0683. The molecule has 0 saturated carbocycles. The number of amides is 1. The summed E-state index contributed by atoms with van der Waals surface area (Å²) in [6.07, 6.45) is 1.51. The average molecular weight is 295 g/mol. The molecule has 6 nitrogen and oxygen atoms in total. The highest BCUT2D eigenvalue weighted by molar-refractivity contribution is 6.33. The third kappa shape index (κ3) is 3.09. The molecule has 1 heterocycles. The normalized spacial score (nSPS) is 10.4. The number of nitrogens with zero attached hydrogens (tertiary/aromatic N) is 2. The van der Waals surface area contributed by atoms with Crippen LogP contribution in [0.5, 0.6) is 5.75 Å². The lowest BCUT2D eigenvalue weighted by atomic mass is 10.1. The maximum Gasteiger partial charge on any atom is 0.287 e. The highest BCUT2D eigenvalue weighted by atomic mass is 35.5. The number of benzene rings is 1. The van der Waals surface area contributed by atoms with Crippen molar-refractivity contribution in [1.29, 1.82) is 0 Å². The number of aromatic nitrogens is 2. The van der Waals surface area contributed by atoms with Crippen LogP contribution in [0, 0.1) is 13.8 Å². The summed E-state index contributed by atoms with van der Waals surface area (Å²) in [7, 11) is 0. The van der Waals surface area contributed by atoms with Crippen molar-refractivity contribution in [3.63, 3.8) is 0 Å². The van der Waals surface area contributed by atoms with Crippen LogP contribution in [0.15, 0.2) is 24.4 Å². The highest BCUT2D eigenvalue weighted by Gasteiger charge is 2.14. The van der Waals surface area contributed by atoms with Crippen molar-refractivity contribution >= 4 is 17.5 Å². The molecule has 3 N–H and O–H groups in total. The lowest BCUT2D eigenvalue weighted by Gasteiger charge is -2.09. The van der Waals surface area contributed by atoms with E-state index < -0.39 is 5.91 Å². The van der Waals surface area contributed by atoms with Crippen LogP contribution in [0.4, 0.5) is 0 Å². The third-order valence-electron chi connectivity index (χ3n) is 2.76. The molecule has 0 aliphatic heterocycles. The van der Waals surface area contributed by atoms with Gasteiger partial charge in [0.1, 0.15) is 5.75 Å². The Kier molecular flexibility index (Phi) is 4.26. The summed E-state index contributed by atoms with van der Waals surface area (Å²) < 4.78 is 7.10. The number of ether oxygens (including phenoxy) is 1. The second-order valence-electron chi connectivity index (χ2n) is 4.38. The highest BCUT2D eigenvalue weighted by Crippen LogP contribution is 2.20. The zero-order valence-corrected chi connectivity index (χ0v) is 11.9. The fraction of sp³-hybridized carbons (Fsp3) is 0.231. The summed E-state index contributed by atoms with van der Waals surface area (Å²) in [6, 6.07) is 5.93. The number of hydrazine groups is 1. The van der Waals surface area contributed by atoms with E-state index in [2.05, 4.69) is 5.10 Å². The van der Waals surface area contributed by atoms with Gasteiger partial charge in [-0.15, -0.1) is 0 Å². The van der Waals surface area contributed by atoms with Crippen LogP contribution >= 0.6 is 11.6 Å². The van der Waals surface area contributed by atoms with E-state index in [1.165, 1.54) is 10.9 Å². The van der Waals surface area contributed by atoms with Gasteiger partial charge in [0.2, 0.25) is 0 Å². The molecular weight excluding hydrogens is 280 g/mol. The number of carbonyl (C=O) groups excluding carboxylic acids is 1. The van der Waals surface area contributed by atoms with E-state index in [1.54, 1.807) is 0 Å². The minimum atomic E-state index is -0.541. The topological polar surface area (TPSA) is 82.2 Å². The Morgan fingerprint density at radius 2 is 2.25 bits per heavy atom. The van der Waals surface area contributed by atoms with Crippen molar-refractivity contribution in [2.45, 2.75) is 20.6 Å². The van der Waals surface area contributed by atoms with Crippen molar-refractivity contribution in [3.8, 4) is 5.75 Å². The number of halogens is 1. The fourth-order valence-corrected chi connectivity index (χ4v) is 1.92. The molecule has 106 valence electrons. The summed E-state index contributed by atoms with van der Waals surface area (Å²) in [5.74, 6) is 5.27. The first-order valence-corrected chi connectivity index (χ1v) is 6.33. The van der Waals surface area contributed by atoms with Crippen molar-refractivity contribution < 1.29 is 9.53 Å². The molecule has 2 aromatic rings. The molecule has 0 spiro atoms. The van der Waals surface area contributed by atoms with E-state index in [0.717, 1.165) is 16.9 Å². The lowest BCUT2D eigenvalue weighted by molar-refractivity contribution is 0.0946. The molecule has 0 fully saturated rings. The SMILES string of the molecule is Cc1ccc(C)c(OCn2cc(Cl)c(C(=O)NN)n2)c1. The second-order valence-corrected chi connectivity index (χ2v) is 4.79. The quantitative estimate of drug-likeness (QED) is 0.512. The molecule has 0 aliphatic rings. The van der Waals surface area contributed by atoms with Gasteiger partial charge in [-0.2, -0.15) is 5.10 Å². The number of nitrogens with one attached hydrogen (secondary N) is 1. The first-order valence-electron chi connectivity index (χ1n) is 5.95. The van der Waals surface area contributed by atoms with E-state index in [0.29, 0.717) is 0 Å². The van der Waals surface area contributed by atoms with Crippen molar-refractivity contribution in [3.05, 3.63) is 46.2 Å². The van der Waals surface area contributed by atoms with Crippen LogP contribution in [-0.4, -0.2) is 15.7 Å². The van der Waals surface area contributed by atoms with Gasteiger partial charge < -0.3 is 4.74 Å². The van der Waals surface area contributed by atoms with Gasteiger partial charge in [0.15, 0.2) is 12.4 Å². The van der Waals surface area contributed by atoms with Crippen LogP contribution in [0.1, 0.15) is 21.6 Å². The maximum absolute atomic E-state index is 11.4. The molecule has 0 atom stereocenters. The lowest BCUT2D eigenvalue weighted by Crippen LogP contribution is -2.30. The zero-order valence-electron chi connectivity index (χ0n) is 11.2. The molecule has 0 unspecified atom stereocenters. The number of nitrogen functional groups attached to an aromatic ring is 1. The third-order valence-corrected chi connectivity index (χ3v) is 3.04. The van der Waals surface area contributed by atoms with Crippen molar-refractivity contribution in [1.82, 2.24) is 15.2 Å². The molecule has 2 rings (SSSR count). The molecule has 1 aromatic carbocycles. The Balaban J connectivity index is 2.11. The molecular formula is C13H15ClN4O2. The van der Waals surface area contributed by atoms with Gasteiger partial charge in [0.05, 0.1) is 5.02 Å². The molecule has 0 bridgehead atoms. The Morgan fingerprint density at radius 1 is 1.50 bits per heavy atom. The van der Waals surface area contributed by atoms with E-state index in [1.807, 2.05) is 37.5 Å². The van der Waals surface area contributed by atoms with Crippen LogP contribution < -0.4 is 16.0 Å². The molecule has 7 heteroatoms. The number of aryl methyl sites for hydroxylation is 2. The van der Waals surface area contributed by atoms with Crippen molar-refractivity contribution in [2.75, 3.05) is 0 Å². The predicted octanol–water partition coefficient (Wildman–Crippen LogP) is 1.79. The number of rotatable bonds is 4. The maximum atomic E-state index is 11.4. The van der Waals surface area contributed by atoms with Gasteiger partial charge in [0.25, 0.3) is 5.91 Å². The van der Waals surface area contributed by atoms with Crippen LogP contribution in [0.3, 0.4) is 0 Å². The van der Waals surface area contributed by atoms with Crippen molar-refractivity contribution in [2.24, 2.45) is 5.84 Å². The van der Waals surface area contributed by atoms with E-state index in [4.69, 9.17) is 22.2 Å². The molecule has 1 aromatic heterocycles. The molecule has 1 amide bonds. The van der Waals surface area contributed by atoms with Crippen LogP contribution in [0.2, 0.25) is 5.02 Å². The standard InChI is InChI=1S/C13H15ClN4O2/c1-8-3-4-9(2)11(5-8)20-7-18-6-10(14)12(17-18)13(19)16-15/h3-6H,7,15H2,1-2H3,(H,16,19). The summed E-state index contributed by atoms with van der Waals surface area (Å²) in [4.78, 5) is 11.4.